The molecule has 1 aromatic heterocycles. The maximum absolute atomic E-state index is 15.0. The predicted molar refractivity (Wildman–Crippen MR) is 215 cm³/mol. The van der Waals surface area contributed by atoms with Gasteiger partial charge in [-0.1, -0.05) is 40.5 Å². The topological polar surface area (TPSA) is 171 Å². The van der Waals surface area contributed by atoms with Crippen LogP contribution in [0.1, 0.15) is 110 Å². The summed E-state index contributed by atoms with van der Waals surface area (Å²) in [5, 5.41) is -0.780. The molecule has 2 aliphatic heterocycles. The maximum atomic E-state index is 15.0. The van der Waals surface area contributed by atoms with E-state index in [1.54, 1.807) is 26.2 Å². The van der Waals surface area contributed by atoms with Crippen LogP contribution in [0.5, 0.6) is 11.6 Å². The number of carbonyl (C=O) groups is 4. The SMILES string of the molecule is COc1ccc2nc3c(nc2c1)O[C@H]1CN(C(=O)[C@H](C(C)(C)C)CC(=O)O[C@@H]2CC4CC(C4)[C@H]2CCCCC3)[C@H](C(=O)C[C@]2(C(=O)NS(=O)(=O)C3CC3)C[C@H]2C(F)F)[C@@H]1C. The summed E-state index contributed by atoms with van der Waals surface area (Å²) in [6.45, 7) is 7.17. The molecule has 7 aliphatic rings. The summed E-state index contributed by atoms with van der Waals surface area (Å²) in [5.74, 6) is -3.87. The monoisotopic (exact) mass is 856 g/mol. The molecule has 5 aliphatic carbocycles. The lowest BCUT2D eigenvalue weighted by atomic mass is 9.57. The van der Waals surface area contributed by atoms with Crippen LogP contribution in [-0.4, -0.2) is 90.4 Å². The van der Waals surface area contributed by atoms with Crippen LogP contribution >= 0.6 is 0 Å². The summed E-state index contributed by atoms with van der Waals surface area (Å²) in [5.41, 5.74) is -0.942. The van der Waals surface area contributed by atoms with Gasteiger partial charge in [-0.3, -0.25) is 23.9 Å². The fourth-order valence-electron chi connectivity index (χ4n) is 10.6. The number of carbonyl (C=O) groups excluding carboxylic acids is 4. The minimum absolute atomic E-state index is 0.100. The van der Waals surface area contributed by atoms with Crippen LogP contribution in [0.3, 0.4) is 0 Å². The quantitative estimate of drug-likeness (QED) is 0.300. The first-order valence-corrected chi connectivity index (χ1v) is 23.3. The summed E-state index contributed by atoms with van der Waals surface area (Å²) in [4.78, 5) is 68.5. The average molecular weight is 857 g/mol. The number of aryl methyl sites for hydroxylation is 1. The van der Waals surface area contributed by atoms with Crippen molar-refractivity contribution in [1.29, 1.82) is 0 Å². The van der Waals surface area contributed by atoms with Crippen molar-refractivity contribution in [2.24, 2.45) is 46.3 Å². The lowest BCUT2D eigenvalue weighted by Crippen LogP contribution is -2.50. The molecule has 1 saturated heterocycles. The highest BCUT2D eigenvalue weighted by Crippen LogP contribution is 2.59. The van der Waals surface area contributed by atoms with Gasteiger partial charge in [0, 0.05) is 24.3 Å². The van der Waals surface area contributed by atoms with E-state index in [2.05, 4.69) is 0 Å². The van der Waals surface area contributed by atoms with E-state index in [1.807, 2.05) is 31.6 Å². The number of aromatic nitrogens is 2. The Morgan fingerprint density at radius 1 is 1.02 bits per heavy atom. The van der Waals surface area contributed by atoms with E-state index in [-0.39, 0.29) is 37.3 Å². The minimum Gasteiger partial charge on any atom is -0.497 e. The Morgan fingerprint density at radius 2 is 1.77 bits per heavy atom. The maximum Gasteiger partial charge on any atom is 0.306 e. The smallest absolute Gasteiger partial charge is 0.306 e. The van der Waals surface area contributed by atoms with E-state index in [1.165, 1.54) is 4.90 Å². The number of hydrogen-bond donors (Lipinski definition) is 1. The van der Waals surface area contributed by atoms with Crippen LogP contribution < -0.4 is 14.2 Å². The second-order valence-corrected chi connectivity index (χ2v) is 21.6. The third-order valence-electron chi connectivity index (χ3n) is 14.5. The molecule has 9 rings (SSSR count). The zero-order chi connectivity index (χ0) is 42.9. The van der Waals surface area contributed by atoms with Crippen LogP contribution in [0.2, 0.25) is 0 Å². The molecule has 0 unspecified atom stereocenters. The molecular weight excluding hydrogens is 799 g/mol. The molecule has 0 spiro atoms. The van der Waals surface area contributed by atoms with Gasteiger partial charge in [0.2, 0.25) is 34.1 Å². The molecule has 0 radical (unpaired) electrons. The molecule has 13 nitrogen and oxygen atoms in total. The number of sulfonamides is 1. The van der Waals surface area contributed by atoms with E-state index in [4.69, 9.17) is 24.2 Å². The van der Waals surface area contributed by atoms with Crippen molar-refractivity contribution in [3.05, 3.63) is 23.9 Å². The molecule has 8 atom stereocenters. The number of benzene rings is 1. The summed E-state index contributed by atoms with van der Waals surface area (Å²) in [7, 11) is -2.55. The molecule has 16 heteroatoms. The van der Waals surface area contributed by atoms with Crippen molar-refractivity contribution in [3.8, 4) is 11.6 Å². The summed E-state index contributed by atoms with van der Waals surface area (Å²) < 4.78 is 74.8. The van der Waals surface area contributed by atoms with E-state index in [9.17, 15) is 31.6 Å². The van der Waals surface area contributed by atoms with E-state index < -0.39 is 92.4 Å². The summed E-state index contributed by atoms with van der Waals surface area (Å²) >= 11 is 0. The van der Waals surface area contributed by atoms with Crippen LogP contribution in [0.4, 0.5) is 8.78 Å². The number of fused-ring (bicyclic) bond motifs is 4. The molecule has 5 saturated carbocycles. The number of amides is 2. The molecule has 328 valence electrons. The number of ketones is 1. The molecule has 4 bridgehead atoms. The Bertz CT molecular complexity index is 2140. The van der Waals surface area contributed by atoms with E-state index in [0.29, 0.717) is 53.6 Å². The van der Waals surface area contributed by atoms with Gasteiger partial charge in [0.15, 0.2) is 5.78 Å². The van der Waals surface area contributed by atoms with E-state index in [0.717, 1.165) is 44.9 Å². The summed E-state index contributed by atoms with van der Waals surface area (Å²) in [6.07, 6.45) is 2.59. The fraction of sp³-hybridized carbons (Fsp3) is 0.727. The van der Waals surface area contributed by atoms with Gasteiger partial charge in [0.1, 0.15) is 23.7 Å². The molecule has 6 fully saturated rings. The lowest BCUT2D eigenvalue weighted by molar-refractivity contribution is -0.168. The fourth-order valence-corrected chi connectivity index (χ4v) is 12.0. The van der Waals surface area contributed by atoms with Crippen molar-refractivity contribution in [2.75, 3.05) is 13.7 Å². The van der Waals surface area contributed by atoms with Crippen molar-refractivity contribution in [2.45, 2.75) is 141 Å². The van der Waals surface area contributed by atoms with Crippen molar-refractivity contribution in [1.82, 2.24) is 19.6 Å². The van der Waals surface area contributed by atoms with Crippen molar-refractivity contribution in [3.63, 3.8) is 0 Å². The highest BCUT2D eigenvalue weighted by molar-refractivity contribution is 7.90. The number of ether oxygens (including phenoxy) is 3. The van der Waals surface area contributed by atoms with Gasteiger partial charge in [-0.05, 0) is 93.1 Å². The normalized spacial score (nSPS) is 33.7. The molecule has 1 N–H and O–H groups in total. The van der Waals surface area contributed by atoms with Gasteiger partial charge in [-0.25, -0.2) is 27.2 Å². The highest BCUT2D eigenvalue weighted by Gasteiger charge is 2.66. The lowest BCUT2D eigenvalue weighted by Gasteiger charge is -2.50. The highest BCUT2D eigenvalue weighted by atomic mass is 32.2. The Balaban J connectivity index is 1.15. The molecule has 2 amide bonds. The Hall–Kier alpha value is -3.95. The van der Waals surface area contributed by atoms with Gasteiger partial charge in [0.05, 0.1) is 53.7 Å². The number of esters is 1. The molecular formula is C44H58F2N4O9S. The number of rotatable bonds is 8. The standard InChI is InChI=1S/C44H58F2N4O9S/c1-23-36-22-50(38(23)34(51)21-44(20-30(44)39(45)46)42(54)49-60(55,56)27-12-13-27)41(53)29(43(2,3)4)19-37(52)58-35-17-24-15-25(16-24)28(35)9-7-6-8-10-32-40(59-36)48-33-18-26(57-5)11-14-31(33)47-32/h11,14,18,23-25,27-30,35-36,38-39H,6-10,12-13,15-17,19-22H2,1-5H3,(H,49,54)/t23-,24?,25?,28-,29-,30+,35-,36+,38+,44-/m1/s1. The van der Waals surface area contributed by atoms with Crippen molar-refractivity contribution < 1.29 is 50.6 Å². The van der Waals surface area contributed by atoms with E-state index >= 15 is 4.79 Å². The average Bonchev–Trinajstić information content (AvgIpc) is 4.10. The third kappa shape index (κ3) is 8.34. The minimum atomic E-state index is -4.10. The molecule has 1 aromatic carbocycles. The second-order valence-electron chi connectivity index (χ2n) is 19.6. The van der Waals surface area contributed by atoms with Gasteiger partial charge in [0.25, 0.3) is 0 Å². The number of alkyl halides is 2. The number of methoxy groups -OCH3 is 1. The first-order chi connectivity index (χ1) is 28.4. The molecule has 3 heterocycles. The van der Waals surface area contributed by atoms with Crippen LogP contribution in [0.15, 0.2) is 18.2 Å². The van der Waals surface area contributed by atoms with Gasteiger partial charge >= 0.3 is 5.97 Å². The van der Waals surface area contributed by atoms with Gasteiger partial charge < -0.3 is 19.1 Å². The largest absolute Gasteiger partial charge is 0.497 e. The van der Waals surface area contributed by atoms with Crippen LogP contribution in [0, 0.1) is 46.3 Å². The number of nitrogens with one attached hydrogen (secondary N) is 1. The first kappa shape index (κ1) is 42.7. The second kappa shape index (κ2) is 16.1. The van der Waals surface area contributed by atoms with Crippen molar-refractivity contribution >= 4 is 44.6 Å². The Kier molecular flexibility index (Phi) is 11.4. The zero-order valence-electron chi connectivity index (χ0n) is 35.2. The van der Waals surface area contributed by atoms with Gasteiger partial charge in [-0.2, -0.15) is 0 Å². The summed E-state index contributed by atoms with van der Waals surface area (Å²) in [6, 6.07) is 4.14. The number of hydrogen-bond acceptors (Lipinski definition) is 11. The Labute approximate surface area is 350 Å². The number of Topliss-reactive ketones (excluding diaryl/α,β-unsaturated/α-hetero) is 1. The third-order valence-corrected chi connectivity index (χ3v) is 16.3. The predicted octanol–water partition coefficient (Wildman–Crippen LogP) is 6.20. The Morgan fingerprint density at radius 3 is 2.43 bits per heavy atom. The first-order valence-electron chi connectivity index (χ1n) is 21.8. The van der Waals surface area contributed by atoms with Gasteiger partial charge in [-0.15, -0.1) is 0 Å². The molecule has 2 aromatic rings. The number of nitrogens with zero attached hydrogens (tertiary/aromatic N) is 3. The zero-order valence-corrected chi connectivity index (χ0v) is 36.0. The van der Waals surface area contributed by atoms with Crippen LogP contribution in [0.25, 0.3) is 11.0 Å². The molecule has 60 heavy (non-hydrogen) atoms. The van der Waals surface area contributed by atoms with Crippen LogP contribution in [-0.2, 0) is 40.4 Å². The number of halogens is 2.